The molecular weight excluding hydrogens is 262 g/mol. The molecule has 0 aliphatic carbocycles. The Balaban J connectivity index is 2.28. The summed E-state index contributed by atoms with van der Waals surface area (Å²) >= 11 is 0. The highest BCUT2D eigenvalue weighted by Gasteiger charge is 2.35. The van der Waals surface area contributed by atoms with Crippen LogP contribution in [0.3, 0.4) is 0 Å². The van der Waals surface area contributed by atoms with Crippen LogP contribution in [0.15, 0.2) is 24.3 Å². The van der Waals surface area contributed by atoms with Crippen molar-refractivity contribution in [3.8, 4) is 5.75 Å². The molecule has 0 spiro atoms. The first kappa shape index (κ1) is 14.3. The fraction of sp³-hybridized carbons (Fsp3) is 0.429. The van der Waals surface area contributed by atoms with Crippen LogP contribution in [0.25, 0.3) is 0 Å². The summed E-state index contributed by atoms with van der Waals surface area (Å²) in [5.41, 5.74) is 0.583. The van der Waals surface area contributed by atoms with Gasteiger partial charge in [0, 0.05) is 25.5 Å². The molecule has 1 aromatic carbocycles. The molecule has 2 rings (SSSR count). The maximum Gasteiger partial charge on any atom is 0.305 e. The number of carboxylic acids is 1. The van der Waals surface area contributed by atoms with E-state index in [1.54, 1.807) is 12.1 Å². The summed E-state index contributed by atoms with van der Waals surface area (Å²) in [6, 6.07) is 5.64. The number of likely N-dealkylation sites (tertiary alicyclic amines) is 1. The number of nitrogens with zero attached hydrogens (tertiary/aromatic N) is 1. The topological polar surface area (TPSA) is 98.1 Å². The lowest BCUT2D eigenvalue weighted by molar-refractivity contribution is -0.139. The molecule has 108 valence electrons. The number of carbonyl (C=O) groups excluding carboxylic acids is 1. The van der Waals surface area contributed by atoms with E-state index in [1.807, 2.05) is 0 Å². The highest BCUT2D eigenvalue weighted by atomic mass is 16.4. The number of aliphatic hydroxyl groups excluding tert-OH is 1. The molecule has 1 heterocycles. The van der Waals surface area contributed by atoms with Gasteiger partial charge in [-0.25, -0.2) is 0 Å². The maximum absolute atomic E-state index is 12.0. The fourth-order valence-corrected chi connectivity index (χ4v) is 2.54. The zero-order chi connectivity index (χ0) is 14.7. The van der Waals surface area contributed by atoms with Crippen LogP contribution >= 0.6 is 0 Å². The average molecular weight is 279 g/mol. The monoisotopic (exact) mass is 279 g/mol. The van der Waals surface area contributed by atoms with Crippen LogP contribution in [0.5, 0.6) is 5.75 Å². The number of carbonyl (C=O) groups is 2. The van der Waals surface area contributed by atoms with Gasteiger partial charge in [-0.05, 0) is 17.7 Å². The van der Waals surface area contributed by atoms with E-state index in [1.165, 1.54) is 17.0 Å². The minimum absolute atomic E-state index is 0.0308. The number of hydrogen-bond acceptors (Lipinski definition) is 4. The molecule has 1 saturated heterocycles. The van der Waals surface area contributed by atoms with Gasteiger partial charge in [0.15, 0.2) is 0 Å². The van der Waals surface area contributed by atoms with Crippen molar-refractivity contribution >= 4 is 11.9 Å². The van der Waals surface area contributed by atoms with E-state index in [0.717, 1.165) is 0 Å². The van der Waals surface area contributed by atoms with Gasteiger partial charge in [-0.2, -0.15) is 0 Å². The normalized spacial score (nSPS) is 20.1. The van der Waals surface area contributed by atoms with Crippen molar-refractivity contribution in [2.45, 2.75) is 18.9 Å². The summed E-state index contributed by atoms with van der Waals surface area (Å²) in [7, 11) is 0. The number of carboxylic acid groups (broad SMARTS) is 1. The quantitative estimate of drug-likeness (QED) is 0.738. The molecule has 6 nitrogen and oxygen atoms in total. The molecule has 0 aromatic heterocycles. The molecule has 0 saturated carbocycles. The van der Waals surface area contributed by atoms with Crippen LogP contribution in [0.2, 0.25) is 0 Å². The molecule has 3 N–H and O–H groups in total. The van der Waals surface area contributed by atoms with Crippen molar-refractivity contribution in [2.24, 2.45) is 5.92 Å². The molecule has 1 aliphatic rings. The molecule has 1 amide bonds. The number of hydrogen-bond donors (Lipinski definition) is 3. The van der Waals surface area contributed by atoms with Gasteiger partial charge in [0.2, 0.25) is 5.91 Å². The van der Waals surface area contributed by atoms with E-state index in [9.17, 15) is 14.7 Å². The third kappa shape index (κ3) is 3.08. The third-order valence-electron chi connectivity index (χ3n) is 3.50. The van der Waals surface area contributed by atoms with E-state index in [-0.39, 0.29) is 37.0 Å². The van der Waals surface area contributed by atoms with Gasteiger partial charge in [-0.15, -0.1) is 0 Å². The summed E-state index contributed by atoms with van der Waals surface area (Å²) in [6.07, 6.45) is -0.00121. The van der Waals surface area contributed by atoms with Gasteiger partial charge in [0.25, 0.3) is 0 Å². The Kier molecular flexibility index (Phi) is 4.24. The van der Waals surface area contributed by atoms with Crippen molar-refractivity contribution in [1.82, 2.24) is 4.90 Å². The lowest BCUT2D eigenvalue weighted by atomic mass is 10.0. The SMILES string of the molecule is O=C(O)CC(c1cccc(O)c1)N1CC(CO)CC1=O. The Morgan fingerprint density at radius 1 is 1.45 bits per heavy atom. The van der Waals surface area contributed by atoms with Crippen LogP contribution in [-0.2, 0) is 9.59 Å². The smallest absolute Gasteiger partial charge is 0.305 e. The molecule has 20 heavy (non-hydrogen) atoms. The first-order valence-corrected chi connectivity index (χ1v) is 6.42. The average Bonchev–Trinajstić information content (AvgIpc) is 2.77. The van der Waals surface area contributed by atoms with Gasteiger partial charge in [-0.1, -0.05) is 12.1 Å². The van der Waals surface area contributed by atoms with Crippen LogP contribution in [0.1, 0.15) is 24.4 Å². The maximum atomic E-state index is 12.0. The third-order valence-corrected chi connectivity index (χ3v) is 3.50. The highest BCUT2D eigenvalue weighted by molar-refractivity contribution is 5.80. The zero-order valence-corrected chi connectivity index (χ0v) is 10.9. The molecule has 6 heteroatoms. The Morgan fingerprint density at radius 2 is 2.20 bits per heavy atom. The number of phenols is 1. The number of aliphatic carboxylic acids is 1. The van der Waals surface area contributed by atoms with Gasteiger partial charge < -0.3 is 20.2 Å². The van der Waals surface area contributed by atoms with E-state index in [4.69, 9.17) is 10.2 Å². The Morgan fingerprint density at radius 3 is 2.75 bits per heavy atom. The van der Waals surface area contributed by atoms with E-state index < -0.39 is 12.0 Å². The summed E-state index contributed by atoms with van der Waals surface area (Å²) in [5.74, 6) is -1.31. The highest BCUT2D eigenvalue weighted by Crippen LogP contribution is 2.32. The lowest BCUT2D eigenvalue weighted by Crippen LogP contribution is -2.32. The van der Waals surface area contributed by atoms with Crippen LogP contribution in [-0.4, -0.2) is 45.2 Å². The molecule has 1 aromatic rings. The number of aromatic hydroxyl groups is 1. The number of rotatable bonds is 5. The van der Waals surface area contributed by atoms with Crippen molar-refractivity contribution in [3.05, 3.63) is 29.8 Å². The van der Waals surface area contributed by atoms with Crippen LogP contribution < -0.4 is 0 Å². The predicted octanol–water partition coefficient (Wildman–Crippen LogP) is 0.749. The molecular formula is C14H17NO5. The first-order valence-electron chi connectivity index (χ1n) is 6.42. The van der Waals surface area contributed by atoms with E-state index in [2.05, 4.69) is 0 Å². The standard InChI is InChI=1S/C14H17NO5/c16-8-9-4-13(18)15(7-9)12(6-14(19)20)10-2-1-3-11(17)5-10/h1-3,5,9,12,16-17H,4,6-8H2,(H,19,20). The summed E-state index contributed by atoms with van der Waals surface area (Å²) in [4.78, 5) is 24.5. The van der Waals surface area contributed by atoms with Gasteiger partial charge in [-0.3, -0.25) is 9.59 Å². The molecule has 1 fully saturated rings. The first-order chi connectivity index (χ1) is 9.51. The predicted molar refractivity (Wildman–Crippen MR) is 70.0 cm³/mol. The summed E-state index contributed by atoms with van der Waals surface area (Å²) < 4.78 is 0. The van der Waals surface area contributed by atoms with Crippen molar-refractivity contribution < 1.29 is 24.9 Å². The second kappa shape index (κ2) is 5.92. The van der Waals surface area contributed by atoms with Crippen LogP contribution in [0.4, 0.5) is 0 Å². The molecule has 0 bridgehead atoms. The van der Waals surface area contributed by atoms with Gasteiger partial charge in [0.1, 0.15) is 5.75 Å². The molecule has 2 atom stereocenters. The number of phenolic OH excluding ortho intramolecular Hbond substituents is 1. The number of aliphatic hydroxyl groups is 1. The van der Waals surface area contributed by atoms with Gasteiger partial charge >= 0.3 is 5.97 Å². The van der Waals surface area contributed by atoms with Gasteiger partial charge in [0.05, 0.1) is 12.5 Å². The zero-order valence-electron chi connectivity index (χ0n) is 10.9. The molecule has 1 aliphatic heterocycles. The lowest BCUT2D eigenvalue weighted by Gasteiger charge is -2.27. The number of benzene rings is 1. The van der Waals surface area contributed by atoms with Crippen molar-refractivity contribution in [3.63, 3.8) is 0 Å². The number of amides is 1. The van der Waals surface area contributed by atoms with Crippen LogP contribution in [0, 0.1) is 5.92 Å². The summed E-state index contributed by atoms with van der Waals surface area (Å²) in [6.45, 7) is 0.241. The second-order valence-electron chi connectivity index (χ2n) is 5.01. The van der Waals surface area contributed by atoms with Crippen molar-refractivity contribution in [1.29, 1.82) is 0 Å². The largest absolute Gasteiger partial charge is 0.508 e. The Hall–Kier alpha value is -2.08. The fourth-order valence-electron chi connectivity index (χ4n) is 2.54. The molecule has 2 unspecified atom stereocenters. The summed E-state index contributed by atoms with van der Waals surface area (Å²) in [5, 5.41) is 27.7. The molecule has 0 radical (unpaired) electrons. The van der Waals surface area contributed by atoms with E-state index in [0.29, 0.717) is 12.1 Å². The van der Waals surface area contributed by atoms with E-state index >= 15 is 0 Å². The second-order valence-corrected chi connectivity index (χ2v) is 5.01. The minimum atomic E-state index is -1.02. The Labute approximate surface area is 116 Å². The van der Waals surface area contributed by atoms with Crippen molar-refractivity contribution in [2.75, 3.05) is 13.2 Å². The Bertz CT molecular complexity index is 516. The minimum Gasteiger partial charge on any atom is -0.508 e.